The second kappa shape index (κ2) is 7.72. The average Bonchev–Trinajstić information content (AvgIpc) is 2.91. The summed E-state index contributed by atoms with van der Waals surface area (Å²) in [7, 11) is 0. The van der Waals surface area contributed by atoms with Crippen LogP contribution < -0.4 is 0 Å². The third-order valence-corrected chi connectivity index (χ3v) is 6.74. The van der Waals surface area contributed by atoms with Crippen LogP contribution in [0.25, 0.3) is 0 Å². The number of hydrogen-bond acceptors (Lipinski definition) is 4. The van der Waals surface area contributed by atoms with Crippen molar-refractivity contribution in [3.05, 3.63) is 0 Å². The van der Waals surface area contributed by atoms with Gasteiger partial charge in [0.2, 0.25) is 0 Å². The molecule has 2 rings (SSSR count). The maximum absolute atomic E-state index is 11.4. The minimum Gasteiger partial charge on any atom is -0.287 e. The second-order valence-electron chi connectivity index (χ2n) is 5.84. The van der Waals surface area contributed by atoms with Gasteiger partial charge in [0.25, 0.3) is 0 Å². The Balaban J connectivity index is 1.44. The van der Waals surface area contributed by atoms with Gasteiger partial charge < -0.3 is 0 Å². The molecule has 0 saturated carbocycles. The number of carbonyl (C=O) groups is 2. The predicted molar refractivity (Wildman–Crippen MR) is 83.5 cm³/mol. The van der Waals surface area contributed by atoms with E-state index in [4.69, 9.17) is 0 Å². The van der Waals surface area contributed by atoms with Crippen molar-refractivity contribution in [3.63, 3.8) is 0 Å². The molecule has 2 heterocycles. The molecule has 108 valence electrons. The van der Waals surface area contributed by atoms with E-state index in [-0.39, 0.29) is 5.92 Å². The molecule has 0 aromatic carbocycles. The van der Waals surface area contributed by atoms with Crippen molar-refractivity contribution < 1.29 is 9.59 Å². The van der Waals surface area contributed by atoms with E-state index in [1.807, 2.05) is 0 Å². The first kappa shape index (κ1) is 15.4. The molecule has 2 aliphatic heterocycles. The van der Waals surface area contributed by atoms with Crippen LogP contribution in [0.4, 0.5) is 0 Å². The lowest BCUT2D eigenvalue weighted by Gasteiger charge is -2.08. The Morgan fingerprint density at radius 1 is 1.00 bits per heavy atom. The number of carbonyl (C=O) groups excluding carboxylic acids is 2. The van der Waals surface area contributed by atoms with E-state index in [2.05, 4.69) is 6.92 Å². The van der Waals surface area contributed by atoms with Crippen molar-refractivity contribution in [2.45, 2.75) is 75.2 Å². The van der Waals surface area contributed by atoms with Crippen LogP contribution in [0.2, 0.25) is 0 Å². The number of hydrogen-bond donors (Lipinski definition) is 0. The van der Waals surface area contributed by atoms with Crippen molar-refractivity contribution >= 4 is 33.8 Å². The smallest absolute Gasteiger partial charge is 0.192 e. The summed E-state index contributed by atoms with van der Waals surface area (Å²) in [5.41, 5.74) is 0. The third-order valence-electron chi connectivity index (χ3n) is 4.07. The van der Waals surface area contributed by atoms with Crippen LogP contribution in [0.5, 0.6) is 0 Å². The van der Waals surface area contributed by atoms with E-state index in [0.29, 0.717) is 20.7 Å². The molecule has 3 unspecified atom stereocenters. The summed E-state index contributed by atoms with van der Waals surface area (Å²) in [6.07, 6.45) is 10.5. The Morgan fingerprint density at radius 2 is 1.68 bits per heavy atom. The SMILES string of the molecule is CC1CC(CCCCCCC2CCC(=O)S2)SC1=O. The molecule has 2 fully saturated rings. The Labute approximate surface area is 124 Å². The highest BCUT2D eigenvalue weighted by atomic mass is 32.2. The van der Waals surface area contributed by atoms with Gasteiger partial charge in [-0.3, -0.25) is 9.59 Å². The minimum atomic E-state index is 0.284. The van der Waals surface area contributed by atoms with E-state index >= 15 is 0 Å². The molecule has 2 nitrogen and oxygen atoms in total. The van der Waals surface area contributed by atoms with Crippen LogP contribution >= 0.6 is 23.5 Å². The van der Waals surface area contributed by atoms with E-state index in [1.165, 1.54) is 38.5 Å². The van der Waals surface area contributed by atoms with Crippen LogP contribution in [-0.2, 0) is 9.59 Å². The first-order chi connectivity index (χ1) is 9.15. The summed E-state index contributed by atoms with van der Waals surface area (Å²) < 4.78 is 0. The minimum absolute atomic E-state index is 0.284. The zero-order chi connectivity index (χ0) is 13.7. The molecule has 2 aliphatic rings. The zero-order valence-corrected chi connectivity index (χ0v) is 13.4. The molecule has 0 radical (unpaired) electrons. The maximum Gasteiger partial charge on any atom is 0.192 e. The summed E-state index contributed by atoms with van der Waals surface area (Å²) in [6, 6.07) is 0. The van der Waals surface area contributed by atoms with Gasteiger partial charge in [-0.15, -0.1) is 0 Å². The van der Waals surface area contributed by atoms with E-state index < -0.39 is 0 Å². The van der Waals surface area contributed by atoms with Gasteiger partial charge in [0.1, 0.15) is 0 Å². The highest BCUT2D eigenvalue weighted by Gasteiger charge is 2.29. The van der Waals surface area contributed by atoms with Gasteiger partial charge in [0.15, 0.2) is 10.2 Å². The third kappa shape index (κ3) is 5.14. The normalized spacial score (nSPS) is 31.3. The molecule has 0 N–H and O–H groups in total. The Hall–Kier alpha value is 0.0400. The van der Waals surface area contributed by atoms with Crippen LogP contribution in [0.15, 0.2) is 0 Å². The summed E-state index contributed by atoms with van der Waals surface area (Å²) >= 11 is 3.15. The molecule has 3 atom stereocenters. The molecular formula is C15H24O2S2. The van der Waals surface area contributed by atoms with Gasteiger partial charge in [-0.2, -0.15) is 0 Å². The van der Waals surface area contributed by atoms with Gasteiger partial charge in [0, 0.05) is 22.8 Å². The number of unbranched alkanes of at least 4 members (excludes halogenated alkanes) is 3. The first-order valence-corrected chi connectivity index (χ1v) is 9.31. The number of rotatable bonds is 7. The molecule has 4 heteroatoms. The molecule has 0 aromatic rings. The van der Waals surface area contributed by atoms with Gasteiger partial charge in [-0.1, -0.05) is 56.1 Å². The van der Waals surface area contributed by atoms with Crippen molar-refractivity contribution in [3.8, 4) is 0 Å². The lowest BCUT2D eigenvalue weighted by molar-refractivity contribution is -0.113. The van der Waals surface area contributed by atoms with E-state index in [0.717, 1.165) is 19.3 Å². The predicted octanol–water partition coefficient (Wildman–Crippen LogP) is 4.42. The lowest BCUT2D eigenvalue weighted by Crippen LogP contribution is -2.00. The molecule has 2 saturated heterocycles. The number of thioether (sulfide) groups is 2. The van der Waals surface area contributed by atoms with Crippen LogP contribution in [0.1, 0.15) is 64.7 Å². The topological polar surface area (TPSA) is 34.1 Å². The fourth-order valence-electron chi connectivity index (χ4n) is 2.88. The summed E-state index contributed by atoms with van der Waals surface area (Å²) in [5.74, 6) is 0.284. The Morgan fingerprint density at radius 3 is 2.21 bits per heavy atom. The summed E-state index contributed by atoms with van der Waals surface area (Å²) in [6.45, 7) is 2.05. The monoisotopic (exact) mass is 300 g/mol. The molecule has 0 aliphatic carbocycles. The summed E-state index contributed by atoms with van der Waals surface area (Å²) in [5, 5.41) is 1.98. The molecular weight excluding hydrogens is 276 g/mol. The zero-order valence-electron chi connectivity index (χ0n) is 11.7. The van der Waals surface area contributed by atoms with Crippen molar-refractivity contribution in [1.29, 1.82) is 0 Å². The van der Waals surface area contributed by atoms with Crippen molar-refractivity contribution in [2.75, 3.05) is 0 Å². The van der Waals surface area contributed by atoms with Crippen LogP contribution in [0.3, 0.4) is 0 Å². The van der Waals surface area contributed by atoms with Gasteiger partial charge >= 0.3 is 0 Å². The van der Waals surface area contributed by atoms with E-state index in [9.17, 15) is 9.59 Å². The van der Waals surface area contributed by atoms with Crippen LogP contribution in [0, 0.1) is 5.92 Å². The van der Waals surface area contributed by atoms with E-state index in [1.54, 1.807) is 23.5 Å². The van der Waals surface area contributed by atoms with Gasteiger partial charge in [0.05, 0.1) is 0 Å². The first-order valence-electron chi connectivity index (χ1n) is 7.55. The molecule has 0 spiro atoms. The second-order valence-corrected chi connectivity index (χ2v) is 8.50. The van der Waals surface area contributed by atoms with Gasteiger partial charge in [-0.25, -0.2) is 0 Å². The largest absolute Gasteiger partial charge is 0.287 e. The molecule has 19 heavy (non-hydrogen) atoms. The molecule has 0 bridgehead atoms. The fraction of sp³-hybridized carbons (Fsp3) is 0.867. The van der Waals surface area contributed by atoms with Gasteiger partial charge in [-0.05, 0) is 25.7 Å². The molecule has 0 amide bonds. The standard InChI is InChI=1S/C15H24O2S2/c1-11-10-13(19-15(11)17)7-5-3-2-4-6-12-8-9-14(16)18-12/h11-13H,2-10H2,1H3. The fourth-order valence-corrected chi connectivity index (χ4v) is 5.33. The lowest BCUT2D eigenvalue weighted by atomic mass is 10.0. The molecule has 0 aromatic heterocycles. The van der Waals surface area contributed by atoms with Crippen molar-refractivity contribution in [1.82, 2.24) is 0 Å². The van der Waals surface area contributed by atoms with Crippen molar-refractivity contribution in [2.24, 2.45) is 5.92 Å². The Bertz CT molecular complexity index is 330. The Kier molecular flexibility index (Phi) is 6.27. The maximum atomic E-state index is 11.4. The highest BCUT2D eigenvalue weighted by molar-refractivity contribution is 8.14. The quantitative estimate of drug-likeness (QED) is 0.652. The average molecular weight is 300 g/mol. The summed E-state index contributed by atoms with van der Waals surface area (Å²) in [4.78, 5) is 22.5. The van der Waals surface area contributed by atoms with Crippen LogP contribution in [-0.4, -0.2) is 20.7 Å². The highest BCUT2D eigenvalue weighted by Crippen LogP contribution is 2.36.